The molecule has 316 valence electrons. The van der Waals surface area contributed by atoms with Gasteiger partial charge in [-0.05, 0) is 93.0 Å². The predicted molar refractivity (Wildman–Crippen MR) is 194 cm³/mol. The zero-order valence-corrected chi connectivity index (χ0v) is 32.7. The molecule has 0 spiro atoms. The maximum Gasteiger partial charge on any atom is 0.187 e. The zero-order chi connectivity index (χ0) is 40.3. The van der Waals surface area contributed by atoms with Crippen LogP contribution in [-0.2, 0) is 18.9 Å². The van der Waals surface area contributed by atoms with Crippen molar-refractivity contribution in [2.24, 2.45) is 40.4 Å². The number of aliphatic hydroxyl groups excluding tert-OH is 11. The van der Waals surface area contributed by atoms with E-state index in [1.807, 2.05) is 19.9 Å². The Morgan fingerprint density at radius 3 is 2.00 bits per heavy atom. The first-order valence-corrected chi connectivity index (χ1v) is 20.2. The Morgan fingerprint density at radius 2 is 1.38 bits per heavy atom. The molecule has 6 aliphatic rings. The largest absolute Gasteiger partial charge is 0.394 e. The Bertz CT molecular complexity index is 1390. The van der Waals surface area contributed by atoms with Gasteiger partial charge in [0.25, 0.3) is 0 Å². The van der Waals surface area contributed by atoms with Crippen LogP contribution in [0, 0.1) is 40.4 Å². The molecule has 21 atom stereocenters. The van der Waals surface area contributed by atoms with Crippen molar-refractivity contribution in [2.75, 3.05) is 19.8 Å². The smallest absolute Gasteiger partial charge is 0.187 e. The Kier molecular flexibility index (Phi) is 13.3. The Balaban J connectivity index is 1.24. The van der Waals surface area contributed by atoms with Gasteiger partial charge in [-0.3, -0.25) is 0 Å². The topological polar surface area (TPSA) is 259 Å². The quantitative estimate of drug-likeness (QED) is 0.115. The Labute approximate surface area is 323 Å². The van der Waals surface area contributed by atoms with Gasteiger partial charge in [-0.2, -0.15) is 0 Å². The van der Waals surface area contributed by atoms with Crippen molar-refractivity contribution in [2.45, 2.75) is 165 Å². The molecule has 21 unspecified atom stereocenters. The molecule has 6 rings (SSSR count). The highest BCUT2D eigenvalue weighted by molar-refractivity contribution is 5.30. The van der Waals surface area contributed by atoms with Crippen molar-refractivity contribution >= 4 is 0 Å². The lowest BCUT2D eigenvalue weighted by Gasteiger charge is -2.60. The van der Waals surface area contributed by atoms with Crippen molar-refractivity contribution in [3.8, 4) is 0 Å². The van der Waals surface area contributed by atoms with Gasteiger partial charge in [-0.15, -0.1) is 0 Å². The van der Waals surface area contributed by atoms with Gasteiger partial charge >= 0.3 is 0 Å². The van der Waals surface area contributed by atoms with Gasteiger partial charge in [0.05, 0.1) is 44.2 Å². The van der Waals surface area contributed by atoms with E-state index < -0.39 is 104 Å². The molecular weight excluding hydrogens is 720 g/mol. The van der Waals surface area contributed by atoms with E-state index in [1.54, 1.807) is 0 Å². The number of hydrogen-bond donors (Lipinski definition) is 11. The third-order valence-corrected chi connectivity index (χ3v) is 15.2. The number of aliphatic hydroxyl groups is 11. The second-order valence-electron chi connectivity index (χ2n) is 18.1. The maximum absolute atomic E-state index is 11.7. The fourth-order valence-electron chi connectivity index (χ4n) is 11.6. The molecule has 0 amide bonds. The van der Waals surface area contributed by atoms with Crippen LogP contribution in [0.4, 0.5) is 0 Å². The number of hydrogen-bond acceptors (Lipinski definition) is 15. The molecular formula is C40H66O15. The summed E-state index contributed by atoms with van der Waals surface area (Å²) in [5, 5.41) is 116. The summed E-state index contributed by atoms with van der Waals surface area (Å²) in [6, 6.07) is 0. The summed E-state index contributed by atoms with van der Waals surface area (Å²) in [6.07, 6.45) is -10.7. The highest BCUT2D eigenvalue weighted by atomic mass is 16.7. The summed E-state index contributed by atoms with van der Waals surface area (Å²) < 4.78 is 23.8. The number of rotatable bonds is 11. The van der Waals surface area contributed by atoms with Crippen LogP contribution in [0.1, 0.15) is 79.6 Å². The molecule has 15 nitrogen and oxygen atoms in total. The molecule has 11 N–H and O–H groups in total. The van der Waals surface area contributed by atoms with Gasteiger partial charge in [0, 0.05) is 11.8 Å². The summed E-state index contributed by atoms with van der Waals surface area (Å²) >= 11 is 0. The molecule has 0 bridgehead atoms. The number of fused-ring (bicyclic) bond motifs is 5. The van der Waals surface area contributed by atoms with E-state index in [1.165, 1.54) is 0 Å². The zero-order valence-electron chi connectivity index (χ0n) is 32.7. The van der Waals surface area contributed by atoms with Crippen molar-refractivity contribution in [1.29, 1.82) is 0 Å². The lowest BCUT2D eigenvalue weighted by molar-refractivity contribution is -0.316. The van der Waals surface area contributed by atoms with E-state index in [0.717, 1.165) is 42.4 Å². The van der Waals surface area contributed by atoms with Crippen molar-refractivity contribution in [1.82, 2.24) is 0 Å². The normalized spacial score (nSPS) is 50.3. The first-order valence-electron chi connectivity index (χ1n) is 20.2. The molecule has 2 aliphatic heterocycles. The summed E-state index contributed by atoms with van der Waals surface area (Å²) in [6.45, 7) is 8.97. The van der Waals surface area contributed by atoms with E-state index in [9.17, 15) is 56.2 Å². The van der Waals surface area contributed by atoms with Crippen LogP contribution in [0.25, 0.3) is 0 Å². The average molecular weight is 787 g/mol. The van der Waals surface area contributed by atoms with E-state index in [2.05, 4.69) is 20.8 Å². The third-order valence-electron chi connectivity index (χ3n) is 15.2. The van der Waals surface area contributed by atoms with E-state index in [0.29, 0.717) is 19.3 Å². The minimum Gasteiger partial charge on any atom is -0.394 e. The Hall–Kier alpha value is -1.12. The van der Waals surface area contributed by atoms with E-state index in [-0.39, 0.29) is 41.6 Å². The van der Waals surface area contributed by atoms with Gasteiger partial charge in [0.1, 0.15) is 48.8 Å². The molecule has 5 fully saturated rings. The van der Waals surface area contributed by atoms with Crippen molar-refractivity contribution < 1.29 is 75.1 Å². The van der Waals surface area contributed by atoms with Crippen LogP contribution in [0.3, 0.4) is 0 Å². The van der Waals surface area contributed by atoms with Crippen molar-refractivity contribution in [3.05, 3.63) is 22.8 Å². The molecule has 0 aromatic heterocycles. The molecule has 0 aromatic rings. The molecule has 4 aliphatic carbocycles. The van der Waals surface area contributed by atoms with Crippen molar-refractivity contribution in [3.63, 3.8) is 0 Å². The molecule has 3 saturated carbocycles. The fourth-order valence-corrected chi connectivity index (χ4v) is 11.6. The third kappa shape index (κ3) is 7.75. The van der Waals surface area contributed by atoms with Crippen LogP contribution in [0.5, 0.6) is 0 Å². The average Bonchev–Trinajstić information content (AvgIpc) is 3.50. The molecule has 0 aromatic carbocycles. The first-order chi connectivity index (χ1) is 25.9. The lowest BCUT2D eigenvalue weighted by Crippen LogP contribution is -2.60. The first kappa shape index (κ1) is 43.5. The van der Waals surface area contributed by atoms with Crippen LogP contribution < -0.4 is 0 Å². The van der Waals surface area contributed by atoms with Gasteiger partial charge in [-0.1, -0.05) is 38.0 Å². The molecule has 55 heavy (non-hydrogen) atoms. The summed E-state index contributed by atoms with van der Waals surface area (Å²) in [5.74, 6) is 0.0411. The fraction of sp³-hybridized carbons (Fsp3) is 0.900. The van der Waals surface area contributed by atoms with Crippen LogP contribution in [-0.4, -0.2) is 162 Å². The summed E-state index contributed by atoms with van der Waals surface area (Å²) in [7, 11) is 0. The van der Waals surface area contributed by atoms with Gasteiger partial charge in [0.2, 0.25) is 0 Å². The molecule has 2 saturated heterocycles. The predicted octanol–water partition coefficient (Wildman–Crippen LogP) is -0.768. The lowest BCUT2D eigenvalue weighted by atomic mass is 9.45. The second kappa shape index (κ2) is 16.9. The highest BCUT2D eigenvalue weighted by Gasteiger charge is 2.63. The second-order valence-corrected chi connectivity index (χ2v) is 18.1. The molecule has 15 heteroatoms. The van der Waals surface area contributed by atoms with Crippen LogP contribution >= 0.6 is 0 Å². The van der Waals surface area contributed by atoms with Gasteiger partial charge in [0.15, 0.2) is 12.6 Å². The molecule has 0 radical (unpaired) electrons. The Morgan fingerprint density at radius 1 is 0.782 bits per heavy atom. The van der Waals surface area contributed by atoms with Crippen LogP contribution in [0.15, 0.2) is 22.8 Å². The number of ether oxygens (including phenoxy) is 4. The molecule has 2 heterocycles. The summed E-state index contributed by atoms with van der Waals surface area (Å²) in [4.78, 5) is 0. The van der Waals surface area contributed by atoms with Gasteiger partial charge in [-0.25, -0.2) is 0 Å². The minimum absolute atomic E-state index is 0.0308. The van der Waals surface area contributed by atoms with E-state index >= 15 is 0 Å². The van der Waals surface area contributed by atoms with E-state index in [4.69, 9.17) is 18.9 Å². The highest BCUT2D eigenvalue weighted by Crippen LogP contribution is 2.67. The SMILES string of the molecule is CC(COC1OC(CO)C(O)C(O)C1O)=C(C)CC(OC1OC(CO)C(O)C(O)C1O)C(C)C1CCC2C3C(O)C=C4CC(O)CC(O)C4(C)C3CCC12C. The monoisotopic (exact) mass is 786 g/mol. The standard InChI is InChI=1S/C40H66O15/c1-17(18(2)16-52-37-35(50)33(48)31(46)27(14-41)54-37)10-26(53-38-36(51)34(49)32(47)28(15-42)55-38)19(3)22-6-7-23-30-24(8-9-39(22,23)4)40(5)20(12-25(30)44)11-21(43)13-29(40)45/h12,19,21-38,41-51H,6-11,13-16H2,1-5H3. The maximum atomic E-state index is 11.7. The van der Waals surface area contributed by atoms with Gasteiger partial charge < -0.3 is 75.1 Å². The minimum atomic E-state index is -1.62. The van der Waals surface area contributed by atoms with Crippen LogP contribution in [0.2, 0.25) is 0 Å². The summed E-state index contributed by atoms with van der Waals surface area (Å²) in [5.41, 5.74) is 1.79.